The molecule has 5 nitrogen and oxygen atoms in total. The molecule has 102 valence electrons. The highest BCUT2D eigenvalue weighted by molar-refractivity contribution is 5.57. The van der Waals surface area contributed by atoms with Crippen molar-refractivity contribution in [1.82, 2.24) is 9.97 Å². The van der Waals surface area contributed by atoms with Gasteiger partial charge in [-0.3, -0.25) is 0 Å². The maximum absolute atomic E-state index is 9.15. The number of nitrogen functional groups attached to an aromatic ring is 1. The molecular formula is C13H24N4O. The van der Waals surface area contributed by atoms with Crippen LogP contribution in [0, 0.1) is 0 Å². The fraction of sp³-hybridized carbons (Fsp3) is 0.692. The summed E-state index contributed by atoms with van der Waals surface area (Å²) in [6, 6.07) is 0. The Labute approximate surface area is 109 Å². The van der Waals surface area contributed by atoms with Crippen molar-refractivity contribution in [3.8, 4) is 0 Å². The number of nitrogens with zero attached hydrogens (tertiary/aromatic N) is 2. The fourth-order valence-corrected chi connectivity index (χ4v) is 1.94. The lowest BCUT2D eigenvalue weighted by Crippen LogP contribution is -2.36. The zero-order valence-corrected chi connectivity index (χ0v) is 11.7. The minimum absolute atomic E-state index is 0.148. The van der Waals surface area contributed by atoms with Gasteiger partial charge in [0.15, 0.2) is 0 Å². The van der Waals surface area contributed by atoms with Crippen molar-refractivity contribution < 1.29 is 5.11 Å². The van der Waals surface area contributed by atoms with E-state index in [2.05, 4.69) is 43.0 Å². The molecule has 0 saturated carbocycles. The van der Waals surface area contributed by atoms with E-state index in [1.54, 1.807) is 0 Å². The summed E-state index contributed by atoms with van der Waals surface area (Å²) in [5.74, 6) is 1.55. The van der Waals surface area contributed by atoms with Gasteiger partial charge in [-0.1, -0.05) is 20.8 Å². The molecule has 1 atom stereocenters. The summed E-state index contributed by atoms with van der Waals surface area (Å²) in [5, 5.41) is 12.6. The first-order valence-corrected chi connectivity index (χ1v) is 6.43. The molecule has 0 amide bonds. The van der Waals surface area contributed by atoms with Gasteiger partial charge in [0, 0.05) is 17.7 Å². The standard InChI is InChI=1S/C13H24N4O/c1-5-13(4,6-7-18)17-12-10(9(2)3)11(14)15-8-16-12/h8-9,18H,5-7H2,1-4H3,(H3,14,15,16,17). The molecule has 18 heavy (non-hydrogen) atoms. The van der Waals surface area contributed by atoms with Crippen LogP contribution in [0.4, 0.5) is 11.6 Å². The van der Waals surface area contributed by atoms with Crippen LogP contribution in [0.15, 0.2) is 6.33 Å². The molecule has 1 heterocycles. The summed E-state index contributed by atoms with van der Waals surface area (Å²) < 4.78 is 0. The third-order valence-electron chi connectivity index (χ3n) is 3.36. The number of aliphatic hydroxyl groups is 1. The summed E-state index contributed by atoms with van der Waals surface area (Å²) >= 11 is 0. The summed E-state index contributed by atoms with van der Waals surface area (Å²) in [6.07, 6.45) is 3.04. The van der Waals surface area contributed by atoms with Crippen molar-refractivity contribution in [3.63, 3.8) is 0 Å². The third-order valence-corrected chi connectivity index (χ3v) is 3.36. The topological polar surface area (TPSA) is 84.1 Å². The lowest BCUT2D eigenvalue weighted by Gasteiger charge is -2.31. The highest BCUT2D eigenvalue weighted by atomic mass is 16.3. The summed E-state index contributed by atoms with van der Waals surface area (Å²) in [4.78, 5) is 8.33. The highest BCUT2D eigenvalue weighted by Crippen LogP contribution is 2.30. The van der Waals surface area contributed by atoms with Crippen LogP contribution < -0.4 is 11.1 Å². The average molecular weight is 252 g/mol. The Kier molecular flexibility index (Phi) is 4.90. The van der Waals surface area contributed by atoms with Gasteiger partial charge in [-0.2, -0.15) is 0 Å². The van der Waals surface area contributed by atoms with E-state index in [0.717, 1.165) is 17.8 Å². The van der Waals surface area contributed by atoms with Gasteiger partial charge in [0.25, 0.3) is 0 Å². The molecular weight excluding hydrogens is 228 g/mol. The Bertz CT molecular complexity index is 395. The number of nitrogens with two attached hydrogens (primary N) is 1. The van der Waals surface area contributed by atoms with E-state index in [4.69, 9.17) is 10.8 Å². The molecule has 0 radical (unpaired) electrons. The van der Waals surface area contributed by atoms with Crippen molar-refractivity contribution in [2.45, 2.75) is 52.0 Å². The number of anilines is 2. The number of hydrogen-bond acceptors (Lipinski definition) is 5. The second kappa shape index (κ2) is 6.00. The van der Waals surface area contributed by atoms with E-state index >= 15 is 0 Å². The second-order valence-electron chi connectivity index (χ2n) is 5.19. The van der Waals surface area contributed by atoms with Gasteiger partial charge in [-0.05, 0) is 25.7 Å². The Balaban J connectivity index is 3.06. The van der Waals surface area contributed by atoms with Crippen LogP contribution in [0.1, 0.15) is 52.0 Å². The Morgan fingerprint density at radius 1 is 1.44 bits per heavy atom. The number of rotatable bonds is 6. The molecule has 0 aliphatic rings. The largest absolute Gasteiger partial charge is 0.396 e. The van der Waals surface area contributed by atoms with Crippen molar-refractivity contribution in [2.75, 3.05) is 17.7 Å². The van der Waals surface area contributed by atoms with Gasteiger partial charge < -0.3 is 16.2 Å². The van der Waals surface area contributed by atoms with Crippen LogP contribution in [-0.2, 0) is 0 Å². The van der Waals surface area contributed by atoms with E-state index in [-0.39, 0.29) is 18.1 Å². The lowest BCUT2D eigenvalue weighted by molar-refractivity contribution is 0.251. The first-order chi connectivity index (χ1) is 8.43. The first-order valence-electron chi connectivity index (χ1n) is 6.43. The van der Waals surface area contributed by atoms with Crippen LogP contribution >= 0.6 is 0 Å². The van der Waals surface area contributed by atoms with E-state index in [1.165, 1.54) is 6.33 Å². The smallest absolute Gasteiger partial charge is 0.135 e. The third kappa shape index (κ3) is 3.32. The summed E-state index contributed by atoms with van der Waals surface area (Å²) in [7, 11) is 0. The molecule has 5 heteroatoms. The Morgan fingerprint density at radius 3 is 2.61 bits per heavy atom. The summed E-state index contributed by atoms with van der Waals surface area (Å²) in [5.41, 5.74) is 6.67. The van der Waals surface area contributed by atoms with Gasteiger partial charge in [-0.15, -0.1) is 0 Å². The molecule has 0 spiro atoms. The van der Waals surface area contributed by atoms with E-state index in [1.807, 2.05) is 0 Å². The highest BCUT2D eigenvalue weighted by Gasteiger charge is 2.24. The molecule has 0 aromatic carbocycles. The Hall–Kier alpha value is -1.36. The van der Waals surface area contributed by atoms with Gasteiger partial charge >= 0.3 is 0 Å². The predicted molar refractivity (Wildman–Crippen MR) is 74.6 cm³/mol. The summed E-state index contributed by atoms with van der Waals surface area (Å²) in [6.45, 7) is 8.44. The van der Waals surface area contributed by atoms with E-state index in [9.17, 15) is 0 Å². The fourth-order valence-electron chi connectivity index (χ4n) is 1.94. The molecule has 0 fully saturated rings. The van der Waals surface area contributed by atoms with Gasteiger partial charge in [0.1, 0.15) is 18.0 Å². The van der Waals surface area contributed by atoms with Gasteiger partial charge in [0.05, 0.1) is 0 Å². The van der Waals surface area contributed by atoms with Crippen molar-refractivity contribution >= 4 is 11.6 Å². The van der Waals surface area contributed by atoms with Crippen molar-refractivity contribution in [2.24, 2.45) is 0 Å². The van der Waals surface area contributed by atoms with Gasteiger partial charge in [-0.25, -0.2) is 9.97 Å². The quantitative estimate of drug-likeness (QED) is 0.722. The number of aliphatic hydroxyl groups excluding tert-OH is 1. The van der Waals surface area contributed by atoms with Gasteiger partial charge in [0.2, 0.25) is 0 Å². The molecule has 0 aliphatic carbocycles. The molecule has 1 aromatic heterocycles. The molecule has 1 aromatic rings. The van der Waals surface area contributed by atoms with E-state index in [0.29, 0.717) is 12.2 Å². The first kappa shape index (κ1) is 14.7. The molecule has 1 unspecified atom stereocenters. The minimum Gasteiger partial charge on any atom is -0.396 e. The lowest BCUT2D eigenvalue weighted by atomic mass is 9.94. The molecule has 0 bridgehead atoms. The average Bonchev–Trinajstić information content (AvgIpc) is 2.28. The second-order valence-corrected chi connectivity index (χ2v) is 5.19. The Morgan fingerprint density at radius 2 is 2.11 bits per heavy atom. The normalized spacial score (nSPS) is 14.6. The SMILES string of the molecule is CCC(C)(CCO)Nc1ncnc(N)c1C(C)C. The number of nitrogens with one attached hydrogen (secondary N) is 1. The van der Waals surface area contributed by atoms with Crippen LogP contribution in [0.25, 0.3) is 0 Å². The number of aromatic nitrogens is 2. The zero-order valence-electron chi connectivity index (χ0n) is 11.7. The van der Waals surface area contributed by atoms with Crippen LogP contribution in [0.3, 0.4) is 0 Å². The van der Waals surface area contributed by atoms with E-state index < -0.39 is 0 Å². The monoisotopic (exact) mass is 252 g/mol. The van der Waals surface area contributed by atoms with Crippen LogP contribution in [0.2, 0.25) is 0 Å². The van der Waals surface area contributed by atoms with Crippen LogP contribution in [-0.4, -0.2) is 27.2 Å². The molecule has 4 N–H and O–H groups in total. The molecule has 0 aliphatic heterocycles. The number of hydrogen-bond donors (Lipinski definition) is 3. The molecule has 1 rings (SSSR count). The minimum atomic E-state index is -0.181. The maximum atomic E-state index is 9.15. The van der Waals surface area contributed by atoms with Crippen molar-refractivity contribution in [3.05, 3.63) is 11.9 Å². The zero-order chi connectivity index (χ0) is 13.8. The van der Waals surface area contributed by atoms with Crippen molar-refractivity contribution in [1.29, 1.82) is 0 Å². The van der Waals surface area contributed by atoms with Crippen LogP contribution in [0.5, 0.6) is 0 Å². The predicted octanol–water partition coefficient (Wildman–Crippen LogP) is 2.15. The maximum Gasteiger partial charge on any atom is 0.135 e. The molecule has 0 saturated heterocycles.